The summed E-state index contributed by atoms with van der Waals surface area (Å²) in [5, 5.41) is 12.3. The second kappa shape index (κ2) is 13.4. The van der Waals surface area contributed by atoms with Crippen LogP contribution in [-0.4, -0.2) is 45.8 Å². The van der Waals surface area contributed by atoms with Gasteiger partial charge in [-0.25, -0.2) is 0 Å². The molecular formula is C36H40N4O5. The van der Waals surface area contributed by atoms with Gasteiger partial charge >= 0.3 is 0 Å². The number of pyridine rings is 1. The Kier molecular flexibility index (Phi) is 9.41. The number of fused-ring (bicyclic) bond motifs is 2. The van der Waals surface area contributed by atoms with Crippen molar-refractivity contribution in [3.63, 3.8) is 0 Å². The molecule has 4 aromatic carbocycles. The van der Waals surface area contributed by atoms with E-state index in [4.69, 9.17) is 18.9 Å². The quantitative estimate of drug-likeness (QED) is 0.133. The molecule has 5 aromatic rings. The Labute approximate surface area is 263 Å². The van der Waals surface area contributed by atoms with Gasteiger partial charge in [-0.15, -0.1) is 0 Å². The molecule has 0 aliphatic rings. The van der Waals surface area contributed by atoms with Gasteiger partial charge in [-0.3, -0.25) is 9.78 Å². The molecule has 0 aliphatic heterocycles. The van der Waals surface area contributed by atoms with E-state index in [1.54, 1.807) is 34.6 Å². The molecule has 1 unspecified atom stereocenters. The second-order valence-corrected chi connectivity index (χ2v) is 11.7. The fourth-order valence-electron chi connectivity index (χ4n) is 5.40. The number of nitrogens with zero attached hydrogens (tertiary/aromatic N) is 1. The van der Waals surface area contributed by atoms with Crippen LogP contribution in [0.2, 0.25) is 0 Å². The molecule has 0 spiro atoms. The van der Waals surface area contributed by atoms with Crippen LogP contribution in [0, 0.1) is 0 Å². The highest BCUT2D eigenvalue weighted by Crippen LogP contribution is 2.38. The Hall–Kier alpha value is -4.86. The van der Waals surface area contributed by atoms with Gasteiger partial charge < -0.3 is 34.9 Å². The molecule has 9 nitrogen and oxygen atoms in total. The Morgan fingerprint density at radius 3 is 2.36 bits per heavy atom. The lowest BCUT2D eigenvalue weighted by molar-refractivity contribution is -0.115. The van der Waals surface area contributed by atoms with E-state index in [1.807, 2.05) is 72.8 Å². The Balaban J connectivity index is 1.44. The molecule has 234 valence electrons. The molecule has 0 fully saturated rings. The predicted molar refractivity (Wildman–Crippen MR) is 180 cm³/mol. The predicted octanol–water partition coefficient (Wildman–Crippen LogP) is 7.41. The summed E-state index contributed by atoms with van der Waals surface area (Å²) in [5.41, 5.74) is 4.18. The van der Waals surface area contributed by atoms with Crippen LogP contribution in [-0.2, 0) is 14.9 Å². The SMILES string of the molecule is CNCC(=O)Nc1cc(NC(OC)c2cccc3cc(Oc4ccnc5cc(OC)c(OC)cc45)ccc23)ccc1C(C)(C)C. The zero-order valence-electron chi connectivity index (χ0n) is 26.8. The highest BCUT2D eigenvalue weighted by Gasteiger charge is 2.21. The van der Waals surface area contributed by atoms with Crippen molar-refractivity contribution in [2.75, 3.05) is 45.6 Å². The number of nitrogens with one attached hydrogen (secondary N) is 3. The summed E-state index contributed by atoms with van der Waals surface area (Å²) < 4.78 is 23.3. The molecule has 1 heterocycles. The molecule has 5 rings (SSSR count). The summed E-state index contributed by atoms with van der Waals surface area (Å²) >= 11 is 0. The van der Waals surface area contributed by atoms with Crippen LogP contribution >= 0.6 is 0 Å². The summed E-state index contributed by atoms with van der Waals surface area (Å²) in [6, 6.07) is 23.6. The number of hydrogen-bond donors (Lipinski definition) is 3. The first-order valence-corrected chi connectivity index (χ1v) is 14.7. The largest absolute Gasteiger partial charge is 0.493 e. The Bertz CT molecular complexity index is 1830. The lowest BCUT2D eigenvalue weighted by Gasteiger charge is -2.26. The van der Waals surface area contributed by atoms with Gasteiger partial charge in [-0.2, -0.15) is 0 Å². The second-order valence-electron chi connectivity index (χ2n) is 11.7. The number of likely N-dealkylation sites (N-methyl/N-ethyl adjacent to an activating group) is 1. The smallest absolute Gasteiger partial charge is 0.238 e. The molecule has 0 saturated carbocycles. The number of aromatic nitrogens is 1. The van der Waals surface area contributed by atoms with Crippen molar-refractivity contribution < 1.29 is 23.7 Å². The lowest BCUT2D eigenvalue weighted by atomic mass is 9.85. The van der Waals surface area contributed by atoms with Gasteiger partial charge in [0.25, 0.3) is 0 Å². The topological polar surface area (TPSA) is 103 Å². The highest BCUT2D eigenvalue weighted by molar-refractivity contribution is 5.94. The van der Waals surface area contributed by atoms with Gasteiger partial charge in [0, 0.05) is 41.7 Å². The minimum Gasteiger partial charge on any atom is -0.493 e. The van der Waals surface area contributed by atoms with Crippen LogP contribution < -0.4 is 30.2 Å². The number of carbonyl (C=O) groups excluding carboxylic acids is 1. The van der Waals surface area contributed by atoms with Crippen molar-refractivity contribution in [1.29, 1.82) is 0 Å². The van der Waals surface area contributed by atoms with E-state index < -0.39 is 6.23 Å². The number of ether oxygens (including phenoxy) is 4. The van der Waals surface area contributed by atoms with Gasteiger partial charge in [0.15, 0.2) is 17.7 Å². The van der Waals surface area contributed by atoms with E-state index in [2.05, 4.69) is 41.7 Å². The highest BCUT2D eigenvalue weighted by atomic mass is 16.5. The minimum atomic E-state index is -0.451. The Morgan fingerprint density at radius 2 is 1.64 bits per heavy atom. The number of methoxy groups -OCH3 is 3. The van der Waals surface area contributed by atoms with Gasteiger partial charge in [-0.05, 0) is 65.2 Å². The van der Waals surface area contributed by atoms with Crippen LogP contribution in [0.3, 0.4) is 0 Å². The summed E-state index contributed by atoms with van der Waals surface area (Å²) in [6.07, 6.45) is 1.26. The zero-order valence-corrected chi connectivity index (χ0v) is 26.8. The third-order valence-corrected chi connectivity index (χ3v) is 7.58. The van der Waals surface area contributed by atoms with Crippen LogP contribution in [0.1, 0.15) is 38.1 Å². The van der Waals surface area contributed by atoms with E-state index >= 15 is 0 Å². The third-order valence-electron chi connectivity index (χ3n) is 7.58. The molecule has 0 saturated heterocycles. The molecule has 0 bridgehead atoms. The molecule has 9 heteroatoms. The standard InChI is InChI=1S/C36H40N4O5/c1-36(2,3)28-14-11-23(18-30(28)40-34(41)21-37-4)39-35(44-7)26-10-8-9-22-17-24(12-13-25(22)26)45-31-15-16-38-29-20-33(43-6)32(42-5)19-27(29)31/h8-20,35,37,39H,21H2,1-7H3,(H,40,41). The summed E-state index contributed by atoms with van der Waals surface area (Å²) in [6.45, 7) is 6.60. The number of hydrogen-bond acceptors (Lipinski definition) is 8. The summed E-state index contributed by atoms with van der Waals surface area (Å²) in [7, 11) is 6.63. The number of benzene rings is 4. The van der Waals surface area contributed by atoms with Crippen LogP contribution in [0.15, 0.2) is 79.0 Å². The van der Waals surface area contributed by atoms with Crippen molar-refractivity contribution in [2.45, 2.75) is 32.4 Å². The maximum absolute atomic E-state index is 12.5. The van der Waals surface area contributed by atoms with Crippen molar-refractivity contribution in [2.24, 2.45) is 0 Å². The molecule has 0 aliphatic carbocycles. The van der Waals surface area contributed by atoms with Crippen LogP contribution in [0.5, 0.6) is 23.0 Å². The Morgan fingerprint density at radius 1 is 0.867 bits per heavy atom. The first-order valence-electron chi connectivity index (χ1n) is 14.7. The fraction of sp³-hybridized carbons (Fsp3) is 0.278. The summed E-state index contributed by atoms with van der Waals surface area (Å²) in [4.78, 5) is 16.9. The molecule has 45 heavy (non-hydrogen) atoms. The van der Waals surface area contributed by atoms with E-state index in [0.29, 0.717) is 23.0 Å². The maximum Gasteiger partial charge on any atom is 0.238 e. The lowest BCUT2D eigenvalue weighted by Crippen LogP contribution is -2.27. The maximum atomic E-state index is 12.5. The first kappa shape index (κ1) is 31.6. The van der Waals surface area contributed by atoms with Gasteiger partial charge in [-0.1, -0.05) is 51.1 Å². The van der Waals surface area contributed by atoms with E-state index in [0.717, 1.165) is 44.2 Å². The van der Waals surface area contributed by atoms with E-state index in [9.17, 15) is 4.79 Å². The van der Waals surface area contributed by atoms with Crippen LogP contribution in [0.4, 0.5) is 11.4 Å². The average molecular weight is 609 g/mol. The number of amides is 1. The summed E-state index contributed by atoms with van der Waals surface area (Å²) in [5.74, 6) is 2.45. The number of carbonyl (C=O) groups is 1. The number of anilines is 2. The normalized spacial score (nSPS) is 12.2. The van der Waals surface area contributed by atoms with Gasteiger partial charge in [0.1, 0.15) is 11.5 Å². The molecule has 3 N–H and O–H groups in total. The van der Waals surface area contributed by atoms with Crippen molar-refractivity contribution in [3.8, 4) is 23.0 Å². The average Bonchev–Trinajstić information content (AvgIpc) is 3.02. The third kappa shape index (κ3) is 6.95. The van der Waals surface area contributed by atoms with E-state index in [1.165, 1.54) is 0 Å². The van der Waals surface area contributed by atoms with Crippen molar-refractivity contribution >= 4 is 39.0 Å². The van der Waals surface area contributed by atoms with Gasteiger partial charge in [0.2, 0.25) is 5.91 Å². The molecular weight excluding hydrogens is 568 g/mol. The van der Waals surface area contributed by atoms with Crippen LogP contribution in [0.25, 0.3) is 21.7 Å². The van der Waals surface area contributed by atoms with Crippen molar-refractivity contribution in [1.82, 2.24) is 10.3 Å². The molecule has 1 aromatic heterocycles. The van der Waals surface area contributed by atoms with E-state index in [-0.39, 0.29) is 17.9 Å². The monoisotopic (exact) mass is 608 g/mol. The molecule has 0 radical (unpaired) electrons. The zero-order chi connectivity index (χ0) is 32.1. The molecule has 1 atom stereocenters. The van der Waals surface area contributed by atoms with Gasteiger partial charge in [0.05, 0.1) is 26.3 Å². The first-order chi connectivity index (χ1) is 21.6. The fourth-order valence-corrected chi connectivity index (χ4v) is 5.40. The molecule has 1 amide bonds. The minimum absolute atomic E-state index is 0.103. The number of rotatable bonds is 11. The van der Waals surface area contributed by atoms with Crippen molar-refractivity contribution in [3.05, 3.63) is 90.1 Å².